The molecule has 0 spiro atoms. The molecule has 0 aromatic rings. The maximum atomic E-state index is 5.60. The smallest absolute Gasteiger partial charge is 0.407 e. The minimum atomic E-state index is -0.126. The highest BCUT2D eigenvalue weighted by Crippen LogP contribution is 2.35. The van der Waals surface area contributed by atoms with Gasteiger partial charge in [0.1, 0.15) is 0 Å². The molecule has 0 unspecified atom stereocenters. The first-order valence-corrected chi connectivity index (χ1v) is 4.86. The van der Waals surface area contributed by atoms with E-state index in [1.165, 1.54) is 0 Å². The van der Waals surface area contributed by atoms with Gasteiger partial charge < -0.3 is 9.31 Å². The van der Waals surface area contributed by atoms with Gasteiger partial charge in [-0.3, -0.25) is 0 Å². The fourth-order valence-corrected chi connectivity index (χ4v) is 2.32. The molecule has 1 saturated heterocycles. The average molecular weight is 158 g/mol. The molecule has 1 heterocycles. The van der Waals surface area contributed by atoms with Crippen molar-refractivity contribution in [2.45, 2.75) is 38.9 Å². The van der Waals surface area contributed by atoms with E-state index in [9.17, 15) is 0 Å². The minimum absolute atomic E-state index is 0.0741. The summed E-state index contributed by atoms with van der Waals surface area (Å²) in [5.74, 6) is 0. The maximum absolute atomic E-state index is 5.60. The summed E-state index contributed by atoms with van der Waals surface area (Å²) < 4.78 is 11.2. The molecule has 0 amide bonds. The van der Waals surface area contributed by atoms with E-state index in [1.54, 1.807) is 0 Å². The Balaban J connectivity index is 2.78. The van der Waals surface area contributed by atoms with E-state index in [4.69, 9.17) is 9.31 Å². The predicted octanol–water partition coefficient (Wildman–Crippen LogP) is -0.0593. The number of rotatable bonds is 0. The van der Waals surface area contributed by atoms with Crippen LogP contribution >= 0.6 is 0 Å². The molecule has 2 nitrogen and oxygen atoms in total. The predicted molar refractivity (Wildman–Crippen MR) is 46.0 cm³/mol. The molecule has 0 radical (unpaired) electrons. The van der Waals surface area contributed by atoms with Gasteiger partial charge in [-0.1, -0.05) is 0 Å². The van der Waals surface area contributed by atoms with E-state index >= 15 is 0 Å². The molecule has 4 heteroatoms. The highest BCUT2D eigenvalue weighted by atomic mass is 28.1. The minimum Gasteiger partial charge on any atom is -0.407 e. The van der Waals surface area contributed by atoms with Crippen molar-refractivity contribution in [3.63, 3.8) is 0 Å². The first-order chi connectivity index (χ1) is 4.35. The Bertz CT molecular complexity index is 131. The average Bonchev–Trinajstić information content (AvgIpc) is 1.73. The zero-order chi connectivity index (χ0) is 7.99. The van der Waals surface area contributed by atoms with Gasteiger partial charge in [0.25, 0.3) is 0 Å². The van der Waals surface area contributed by atoms with Gasteiger partial charge in [0.2, 0.25) is 0 Å². The molecule has 10 heavy (non-hydrogen) atoms. The third-order valence-corrected chi connectivity index (χ3v) is 2.84. The largest absolute Gasteiger partial charge is 0.421 e. The maximum Gasteiger partial charge on any atom is 0.421 e. The second kappa shape index (κ2) is 2.09. The van der Waals surface area contributed by atoms with Crippen molar-refractivity contribution >= 4 is 16.8 Å². The molecule has 1 aliphatic rings. The van der Waals surface area contributed by atoms with E-state index in [0.717, 1.165) is 10.1 Å². The Labute approximate surface area is 65.8 Å². The van der Waals surface area contributed by atoms with Gasteiger partial charge >= 0.3 is 6.71 Å². The van der Waals surface area contributed by atoms with Gasteiger partial charge in [0.15, 0.2) is 0 Å². The van der Waals surface area contributed by atoms with Gasteiger partial charge in [-0.05, 0) is 27.7 Å². The molecular weight excluding hydrogens is 143 g/mol. The Morgan fingerprint density at radius 3 is 1.40 bits per heavy atom. The molecule has 0 N–H and O–H groups in total. The van der Waals surface area contributed by atoms with Crippen LogP contribution in [-0.4, -0.2) is 28.0 Å². The van der Waals surface area contributed by atoms with Crippen LogP contribution in [0.1, 0.15) is 27.7 Å². The molecule has 58 valence electrons. The third-order valence-electron chi connectivity index (χ3n) is 2.37. The monoisotopic (exact) mass is 158 g/mol. The summed E-state index contributed by atoms with van der Waals surface area (Å²) in [4.78, 5) is 0. The molecular formula is C6H15BO2Si. The standard InChI is InChI=1S/C6H15BO2Si/c1-5(2)6(3,4)9-7(10)8-5/h1-4,10H3. The Hall–Kier alpha value is 0.202. The van der Waals surface area contributed by atoms with Gasteiger partial charge in [-0.15, -0.1) is 0 Å². The van der Waals surface area contributed by atoms with Crippen molar-refractivity contribution in [3.05, 3.63) is 0 Å². The highest BCUT2D eigenvalue weighted by molar-refractivity contribution is 6.95. The van der Waals surface area contributed by atoms with Crippen LogP contribution in [-0.2, 0) is 9.31 Å². The van der Waals surface area contributed by atoms with Crippen molar-refractivity contribution in [3.8, 4) is 0 Å². The van der Waals surface area contributed by atoms with Crippen LogP contribution in [0.3, 0.4) is 0 Å². The SMILES string of the molecule is CC1(C)OB([SiH3])OC1(C)C. The lowest BCUT2D eigenvalue weighted by atomic mass is 9.90. The summed E-state index contributed by atoms with van der Waals surface area (Å²) in [5.41, 5.74) is -0.251. The fraction of sp³-hybridized carbons (Fsp3) is 1.00. The summed E-state index contributed by atoms with van der Waals surface area (Å²) in [6.07, 6.45) is 0. The molecule has 1 fully saturated rings. The molecule has 0 aromatic carbocycles. The van der Waals surface area contributed by atoms with E-state index < -0.39 is 0 Å². The van der Waals surface area contributed by atoms with Crippen molar-refractivity contribution < 1.29 is 9.31 Å². The van der Waals surface area contributed by atoms with Crippen LogP contribution in [0, 0.1) is 0 Å². The van der Waals surface area contributed by atoms with Gasteiger partial charge in [0, 0.05) is 0 Å². The first-order valence-electron chi connectivity index (χ1n) is 3.71. The summed E-state index contributed by atoms with van der Waals surface area (Å²) in [6, 6.07) is 0. The van der Waals surface area contributed by atoms with E-state index in [2.05, 4.69) is 27.7 Å². The summed E-state index contributed by atoms with van der Waals surface area (Å²) in [5, 5.41) is 0. The lowest BCUT2D eigenvalue weighted by Gasteiger charge is -2.32. The van der Waals surface area contributed by atoms with Crippen molar-refractivity contribution in [2.75, 3.05) is 0 Å². The molecule has 0 atom stereocenters. The molecule has 0 aliphatic carbocycles. The van der Waals surface area contributed by atoms with Crippen LogP contribution in [0.15, 0.2) is 0 Å². The van der Waals surface area contributed by atoms with Gasteiger partial charge in [-0.25, -0.2) is 0 Å². The second-order valence-corrected chi connectivity index (χ2v) is 4.77. The number of hydrogen-bond acceptors (Lipinski definition) is 2. The van der Waals surface area contributed by atoms with Crippen LogP contribution in [0.2, 0.25) is 0 Å². The summed E-state index contributed by atoms with van der Waals surface area (Å²) >= 11 is 0. The molecule has 0 bridgehead atoms. The molecule has 0 aromatic heterocycles. The van der Waals surface area contributed by atoms with Gasteiger partial charge in [-0.2, -0.15) is 0 Å². The van der Waals surface area contributed by atoms with Crippen LogP contribution in [0.25, 0.3) is 0 Å². The number of hydrogen-bond donors (Lipinski definition) is 0. The Morgan fingerprint density at radius 1 is 1.00 bits per heavy atom. The normalized spacial score (nSPS) is 29.4. The summed E-state index contributed by atoms with van der Waals surface area (Å²) in [6.45, 7) is 8.37. The van der Waals surface area contributed by atoms with Crippen LogP contribution in [0.4, 0.5) is 0 Å². The molecule has 1 rings (SSSR count). The topological polar surface area (TPSA) is 18.5 Å². The van der Waals surface area contributed by atoms with Crippen LogP contribution < -0.4 is 0 Å². The lowest BCUT2D eigenvalue weighted by Crippen LogP contribution is -2.41. The first kappa shape index (κ1) is 8.30. The van der Waals surface area contributed by atoms with Crippen molar-refractivity contribution in [1.29, 1.82) is 0 Å². The molecule has 0 saturated carbocycles. The quantitative estimate of drug-likeness (QED) is 0.460. The summed E-state index contributed by atoms with van der Waals surface area (Å²) in [7, 11) is 0.951. The van der Waals surface area contributed by atoms with E-state index in [1.807, 2.05) is 0 Å². The van der Waals surface area contributed by atoms with E-state index in [0.29, 0.717) is 0 Å². The van der Waals surface area contributed by atoms with Crippen LogP contribution in [0.5, 0.6) is 0 Å². The van der Waals surface area contributed by atoms with Gasteiger partial charge in [0.05, 0.1) is 21.3 Å². The zero-order valence-electron chi connectivity index (χ0n) is 7.39. The highest BCUT2D eigenvalue weighted by Gasteiger charge is 2.48. The van der Waals surface area contributed by atoms with E-state index in [-0.39, 0.29) is 17.9 Å². The second-order valence-electron chi connectivity index (χ2n) is 3.82. The van der Waals surface area contributed by atoms with Crippen molar-refractivity contribution in [2.24, 2.45) is 0 Å². The zero-order valence-corrected chi connectivity index (χ0v) is 9.39. The Morgan fingerprint density at radius 2 is 1.30 bits per heavy atom. The third kappa shape index (κ3) is 1.15. The fourth-order valence-electron chi connectivity index (χ4n) is 1.14. The molecule has 1 aliphatic heterocycles. The lowest BCUT2D eigenvalue weighted by molar-refractivity contribution is 0.00578. The van der Waals surface area contributed by atoms with Crippen molar-refractivity contribution in [1.82, 2.24) is 0 Å². The Kier molecular flexibility index (Phi) is 1.74.